The number of anilines is 1. The minimum absolute atomic E-state index is 0.0990. The van der Waals surface area contributed by atoms with E-state index in [4.69, 9.17) is 5.11 Å². The number of hydrogen-bond donors (Lipinski definition) is 1. The molecule has 0 amide bonds. The van der Waals surface area contributed by atoms with Gasteiger partial charge in [-0.15, -0.1) is 0 Å². The minimum Gasteiger partial charge on any atom is -0.392 e. The van der Waals surface area contributed by atoms with E-state index in [0.717, 1.165) is 25.8 Å². The molecule has 1 aromatic rings. The van der Waals surface area contributed by atoms with E-state index >= 15 is 0 Å². The van der Waals surface area contributed by atoms with Crippen LogP contribution < -0.4 is 4.90 Å². The molecule has 5 nitrogen and oxygen atoms in total. The van der Waals surface area contributed by atoms with Gasteiger partial charge in [-0.05, 0) is 30.9 Å². The predicted octanol–water partition coefficient (Wildman–Crippen LogP) is 2.47. The highest BCUT2D eigenvalue weighted by molar-refractivity contribution is 5.65. The molecule has 0 bridgehead atoms. The van der Waals surface area contributed by atoms with Crippen LogP contribution in [-0.2, 0) is 6.61 Å². The van der Waals surface area contributed by atoms with Crippen molar-refractivity contribution in [1.29, 1.82) is 0 Å². The van der Waals surface area contributed by atoms with E-state index in [9.17, 15) is 10.1 Å². The molecular formula is C13H18N2O3. The van der Waals surface area contributed by atoms with E-state index in [1.165, 1.54) is 6.07 Å². The SMILES string of the molecule is CCCN(c1ccc(CO)cc1[N+](=O)[O-])C1CC1. The molecule has 2 rings (SSSR count). The first kappa shape index (κ1) is 12.8. The van der Waals surface area contributed by atoms with Gasteiger partial charge in [-0.25, -0.2) is 0 Å². The predicted molar refractivity (Wildman–Crippen MR) is 69.7 cm³/mol. The van der Waals surface area contributed by atoms with Crippen molar-refractivity contribution in [3.8, 4) is 0 Å². The second kappa shape index (κ2) is 5.35. The van der Waals surface area contributed by atoms with E-state index in [2.05, 4.69) is 11.8 Å². The first-order valence-electron chi connectivity index (χ1n) is 6.32. The number of rotatable bonds is 6. The zero-order valence-electron chi connectivity index (χ0n) is 10.5. The number of benzene rings is 1. The summed E-state index contributed by atoms with van der Waals surface area (Å²) in [6, 6.07) is 5.44. The Kier molecular flexibility index (Phi) is 3.81. The Hall–Kier alpha value is -1.62. The van der Waals surface area contributed by atoms with Crippen molar-refractivity contribution in [2.45, 2.75) is 38.8 Å². The summed E-state index contributed by atoms with van der Waals surface area (Å²) in [7, 11) is 0. The van der Waals surface area contributed by atoms with Gasteiger partial charge in [0.25, 0.3) is 5.69 Å². The molecule has 0 aliphatic heterocycles. The van der Waals surface area contributed by atoms with Crippen molar-refractivity contribution in [2.24, 2.45) is 0 Å². The van der Waals surface area contributed by atoms with Gasteiger partial charge in [0.05, 0.1) is 11.5 Å². The van der Waals surface area contributed by atoms with Crippen molar-refractivity contribution >= 4 is 11.4 Å². The van der Waals surface area contributed by atoms with E-state index in [1.807, 2.05) is 0 Å². The van der Waals surface area contributed by atoms with Crippen molar-refractivity contribution in [2.75, 3.05) is 11.4 Å². The summed E-state index contributed by atoms with van der Waals surface area (Å²) >= 11 is 0. The number of aliphatic hydroxyl groups is 1. The average molecular weight is 250 g/mol. The fourth-order valence-electron chi connectivity index (χ4n) is 2.18. The maximum atomic E-state index is 11.1. The van der Waals surface area contributed by atoms with Gasteiger partial charge in [-0.2, -0.15) is 0 Å². The van der Waals surface area contributed by atoms with Gasteiger partial charge in [-0.3, -0.25) is 10.1 Å². The Balaban J connectivity index is 2.37. The van der Waals surface area contributed by atoms with Gasteiger partial charge in [0.15, 0.2) is 0 Å². The van der Waals surface area contributed by atoms with E-state index < -0.39 is 0 Å². The van der Waals surface area contributed by atoms with Crippen LogP contribution in [0.5, 0.6) is 0 Å². The Morgan fingerprint density at radius 2 is 2.22 bits per heavy atom. The normalized spacial score (nSPS) is 14.6. The Bertz CT molecular complexity index is 444. The summed E-state index contributed by atoms with van der Waals surface area (Å²) in [5.41, 5.74) is 1.36. The fourth-order valence-corrected chi connectivity index (χ4v) is 2.18. The van der Waals surface area contributed by atoms with Crippen LogP contribution in [0.2, 0.25) is 0 Å². The third-order valence-corrected chi connectivity index (χ3v) is 3.18. The maximum absolute atomic E-state index is 11.1. The van der Waals surface area contributed by atoms with Gasteiger partial charge in [-0.1, -0.05) is 13.0 Å². The summed E-state index contributed by atoms with van der Waals surface area (Å²) in [5, 5.41) is 20.2. The Morgan fingerprint density at radius 3 is 2.72 bits per heavy atom. The number of nitro groups is 1. The minimum atomic E-state index is -0.362. The maximum Gasteiger partial charge on any atom is 0.292 e. The Morgan fingerprint density at radius 1 is 1.50 bits per heavy atom. The molecule has 0 radical (unpaired) electrons. The van der Waals surface area contributed by atoms with Gasteiger partial charge in [0.1, 0.15) is 5.69 Å². The van der Waals surface area contributed by atoms with E-state index in [0.29, 0.717) is 17.3 Å². The largest absolute Gasteiger partial charge is 0.392 e. The molecule has 0 saturated heterocycles. The molecule has 5 heteroatoms. The lowest BCUT2D eigenvalue weighted by Gasteiger charge is -2.24. The first-order chi connectivity index (χ1) is 8.67. The van der Waals surface area contributed by atoms with Gasteiger partial charge < -0.3 is 10.0 Å². The summed E-state index contributed by atoms with van der Waals surface area (Å²) in [6.45, 7) is 2.74. The number of hydrogen-bond acceptors (Lipinski definition) is 4. The van der Waals surface area contributed by atoms with Crippen LogP contribution in [0.1, 0.15) is 31.7 Å². The molecule has 0 spiro atoms. The third-order valence-electron chi connectivity index (χ3n) is 3.18. The molecule has 1 aliphatic carbocycles. The zero-order valence-corrected chi connectivity index (χ0v) is 10.5. The van der Waals surface area contributed by atoms with E-state index in [-0.39, 0.29) is 17.2 Å². The van der Waals surface area contributed by atoms with Crippen molar-refractivity contribution in [1.82, 2.24) is 0 Å². The molecule has 98 valence electrons. The van der Waals surface area contributed by atoms with Crippen LogP contribution in [0.15, 0.2) is 18.2 Å². The van der Waals surface area contributed by atoms with Crippen molar-refractivity contribution < 1.29 is 10.0 Å². The second-order valence-electron chi connectivity index (χ2n) is 4.66. The molecule has 1 saturated carbocycles. The highest BCUT2D eigenvalue weighted by Gasteiger charge is 2.32. The van der Waals surface area contributed by atoms with Gasteiger partial charge in [0.2, 0.25) is 0 Å². The first-order valence-corrected chi connectivity index (χ1v) is 6.32. The lowest BCUT2D eigenvalue weighted by molar-refractivity contribution is -0.384. The lowest BCUT2D eigenvalue weighted by Crippen LogP contribution is -2.27. The van der Waals surface area contributed by atoms with Crippen LogP contribution >= 0.6 is 0 Å². The molecule has 18 heavy (non-hydrogen) atoms. The van der Waals surface area contributed by atoms with Gasteiger partial charge in [0, 0.05) is 18.7 Å². The molecule has 0 unspecified atom stereocenters. The second-order valence-corrected chi connectivity index (χ2v) is 4.66. The fraction of sp³-hybridized carbons (Fsp3) is 0.538. The molecule has 0 heterocycles. The Labute approximate surface area is 106 Å². The van der Waals surface area contributed by atoms with Crippen LogP contribution in [0, 0.1) is 10.1 Å². The molecule has 1 aromatic carbocycles. The van der Waals surface area contributed by atoms with E-state index in [1.54, 1.807) is 12.1 Å². The molecular weight excluding hydrogens is 232 g/mol. The summed E-state index contributed by atoms with van der Waals surface area (Å²) in [5.74, 6) is 0. The molecule has 1 N–H and O–H groups in total. The van der Waals surface area contributed by atoms with Crippen molar-refractivity contribution in [3.63, 3.8) is 0 Å². The van der Waals surface area contributed by atoms with Crippen LogP contribution in [0.25, 0.3) is 0 Å². The third kappa shape index (κ3) is 2.61. The highest BCUT2D eigenvalue weighted by atomic mass is 16.6. The topological polar surface area (TPSA) is 66.6 Å². The summed E-state index contributed by atoms with van der Waals surface area (Å²) in [6.07, 6.45) is 3.19. The van der Waals surface area contributed by atoms with Crippen LogP contribution in [0.3, 0.4) is 0 Å². The molecule has 0 atom stereocenters. The van der Waals surface area contributed by atoms with Gasteiger partial charge >= 0.3 is 0 Å². The summed E-state index contributed by atoms with van der Waals surface area (Å²) in [4.78, 5) is 12.9. The van der Waals surface area contributed by atoms with Crippen molar-refractivity contribution in [3.05, 3.63) is 33.9 Å². The number of aliphatic hydroxyl groups excluding tert-OH is 1. The monoisotopic (exact) mass is 250 g/mol. The lowest BCUT2D eigenvalue weighted by atomic mass is 10.1. The molecule has 0 aromatic heterocycles. The summed E-state index contributed by atoms with van der Waals surface area (Å²) < 4.78 is 0. The quantitative estimate of drug-likeness (QED) is 0.622. The number of nitrogens with zero attached hydrogens (tertiary/aromatic N) is 2. The molecule has 1 fully saturated rings. The average Bonchev–Trinajstić information content (AvgIpc) is 3.19. The smallest absolute Gasteiger partial charge is 0.292 e. The van der Waals surface area contributed by atoms with Crippen LogP contribution in [0.4, 0.5) is 11.4 Å². The zero-order chi connectivity index (χ0) is 13.1. The highest BCUT2D eigenvalue weighted by Crippen LogP contribution is 2.37. The standard InChI is InChI=1S/C13H18N2O3/c1-2-7-14(11-4-5-11)12-6-3-10(9-16)8-13(12)15(17)18/h3,6,8,11,16H,2,4-5,7,9H2,1H3. The number of nitro benzene ring substituents is 1. The van der Waals surface area contributed by atoms with Crippen LogP contribution in [-0.4, -0.2) is 22.6 Å². The molecule has 1 aliphatic rings.